The van der Waals surface area contributed by atoms with Crippen LogP contribution in [0, 0.1) is 6.92 Å². The van der Waals surface area contributed by atoms with Crippen LogP contribution in [0.4, 0.5) is 11.4 Å². The van der Waals surface area contributed by atoms with Crippen LogP contribution >= 0.6 is 0 Å². The summed E-state index contributed by atoms with van der Waals surface area (Å²) in [6.45, 7) is 2.03. The number of anilines is 1. The second kappa shape index (κ2) is 9.36. The lowest BCUT2D eigenvalue weighted by atomic mass is 9.95. The van der Waals surface area contributed by atoms with Gasteiger partial charge in [-0.25, -0.2) is 0 Å². The quantitative estimate of drug-likeness (QED) is 0.342. The first-order valence-electron chi connectivity index (χ1n) is 11.4. The summed E-state index contributed by atoms with van der Waals surface area (Å²) < 4.78 is 5.34. The Labute approximate surface area is 200 Å². The van der Waals surface area contributed by atoms with Crippen LogP contribution in [-0.2, 0) is 0 Å². The molecule has 1 heterocycles. The zero-order chi connectivity index (χ0) is 23.5. The molecule has 168 valence electrons. The van der Waals surface area contributed by atoms with Gasteiger partial charge in [0.15, 0.2) is 0 Å². The maximum absolute atomic E-state index is 14.0. The van der Waals surface area contributed by atoms with Crippen molar-refractivity contribution in [1.29, 1.82) is 0 Å². The fourth-order valence-corrected chi connectivity index (χ4v) is 4.39. The van der Waals surface area contributed by atoms with Crippen LogP contribution < -0.4 is 9.64 Å². The van der Waals surface area contributed by atoms with E-state index >= 15 is 0 Å². The van der Waals surface area contributed by atoms with Gasteiger partial charge in [0.05, 0.1) is 30.2 Å². The van der Waals surface area contributed by atoms with E-state index < -0.39 is 0 Å². The van der Waals surface area contributed by atoms with Gasteiger partial charge in [0.1, 0.15) is 5.75 Å². The van der Waals surface area contributed by atoms with E-state index in [1.165, 1.54) is 0 Å². The van der Waals surface area contributed by atoms with Crippen molar-refractivity contribution in [2.45, 2.75) is 19.4 Å². The normalized spacial score (nSPS) is 15.2. The minimum Gasteiger partial charge on any atom is -0.497 e. The Morgan fingerprint density at radius 3 is 2.24 bits per heavy atom. The summed E-state index contributed by atoms with van der Waals surface area (Å²) in [5.41, 5.74) is 6.40. The van der Waals surface area contributed by atoms with E-state index in [0.717, 1.165) is 39.5 Å². The van der Waals surface area contributed by atoms with Crippen LogP contribution in [0.2, 0.25) is 0 Å². The molecule has 1 unspecified atom stereocenters. The third kappa shape index (κ3) is 4.23. The molecule has 1 amide bonds. The van der Waals surface area contributed by atoms with Crippen LogP contribution in [0.5, 0.6) is 5.75 Å². The molecule has 0 saturated carbocycles. The molecule has 0 bridgehead atoms. The highest BCUT2D eigenvalue weighted by molar-refractivity contribution is 6.11. The second-order valence-corrected chi connectivity index (χ2v) is 8.45. The van der Waals surface area contributed by atoms with E-state index in [9.17, 15) is 4.79 Å². The minimum absolute atomic E-state index is 0.0347. The van der Waals surface area contributed by atoms with Gasteiger partial charge in [-0.05, 0) is 66.6 Å². The maximum Gasteiger partial charge on any atom is 0.258 e. The predicted octanol–water partition coefficient (Wildman–Crippen LogP) is 6.92. The van der Waals surface area contributed by atoms with Crippen molar-refractivity contribution < 1.29 is 9.53 Å². The van der Waals surface area contributed by atoms with Crippen molar-refractivity contribution in [3.8, 4) is 5.75 Å². The maximum atomic E-state index is 14.0. The fraction of sp³-hybridized carbons (Fsp3) is 0.133. The number of amides is 1. The largest absolute Gasteiger partial charge is 0.497 e. The predicted molar refractivity (Wildman–Crippen MR) is 137 cm³/mol. The first-order valence-corrected chi connectivity index (χ1v) is 11.4. The molecular weight excluding hydrogens is 420 g/mol. The summed E-state index contributed by atoms with van der Waals surface area (Å²) in [4.78, 5) is 21.0. The highest BCUT2D eigenvalue weighted by atomic mass is 16.5. The molecule has 0 saturated heterocycles. The van der Waals surface area contributed by atoms with Crippen LogP contribution in [-0.4, -0.2) is 18.7 Å². The SMILES string of the molecule is COc1ccc(C2=Nc3ccccc3N(C(=O)c3ccc(C)cc3)C(c3ccccc3)C2)cc1. The summed E-state index contributed by atoms with van der Waals surface area (Å²) in [6, 6.07) is 33.6. The molecule has 4 aromatic rings. The standard InChI is InChI=1S/C30H26N2O2/c1-21-12-14-24(15-13-21)30(33)32-28-11-7-6-10-26(28)31-27(22-16-18-25(34-2)19-17-22)20-29(32)23-8-4-3-5-9-23/h3-19,29H,20H2,1-2H3. The van der Waals surface area contributed by atoms with Crippen LogP contribution in [0.3, 0.4) is 0 Å². The first kappa shape index (κ1) is 21.7. The molecule has 4 nitrogen and oxygen atoms in total. The number of para-hydroxylation sites is 2. The third-order valence-corrected chi connectivity index (χ3v) is 6.22. The van der Waals surface area contributed by atoms with Crippen molar-refractivity contribution >= 4 is 23.0 Å². The molecule has 1 atom stereocenters. The van der Waals surface area contributed by atoms with Gasteiger partial charge in [-0.15, -0.1) is 0 Å². The van der Waals surface area contributed by atoms with Crippen molar-refractivity contribution in [3.05, 3.63) is 125 Å². The number of fused-ring (bicyclic) bond motifs is 1. The molecule has 5 rings (SSSR count). The lowest BCUT2D eigenvalue weighted by Crippen LogP contribution is -2.35. The van der Waals surface area contributed by atoms with Gasteiger partial charge in [-0.3, -0.25) is 14.7 Å². The summed E-state index contributed by atoms with van der Waals surface area (Å²) >= 11 is 0. The number of aliphatic imine (C=N–C) groups is 1. The molecule has 0 N–H and O–H groups in total. The van der Waals surface area contributed by atoms with Crippen molar-refractivity contribution in [3.63, 3.8) is 0 Å². The summed E-state index contributed by atoms with van der Waals surface area (Å²) in [5, 5.41) is 0. The van der Waals surface area contributed by atoms with E-state index in [4.69, 9.17) is 9.73 Å². The van der Waals surface area contributed by atoms with Crippen molar-refractivity contribution in [2.24, 2.45) is 4.99 Å². The Kier molecular flexibility index (Phi) is 5.96. The number of benzene rings is 4. The Bertz CT molecular complexity index is 1330. The molecule has 0 radical (unpaired) electrons. The van der Waals surface area contributed by atoms with E-state index in [1.807, 2.05) is 103 Å². The number of nitrogens with zero attached hydrogens (tertiary/aromatic N) is 2. The number of ether oxygens (including phenoxy) is 1. The van der Waals surface area contributed by atoms with Gasteiger partial charge in [0, 0.05) is 12.0 Å². The molecule has 1 aliphatic heterocycles. The number of rotatable bonds is 4. The Morgan fingerprint density at radius 2 is 1.53 bits per heavy atom. The molecule has 4 heteroatoms. The van der Waals surface area contributed by atoms with E-state index in [0.29, 0.717) is 12.0 Å². The molecule has 0 aliphatic carbocycles. The number of hydrogen-bond donors (Lipinski definition) is 0. The molecule has 34 heavy (non-hydrogen) atoms. The average molecular weight is 447 g/mol. The van der Waals surface area contributed by atoms with E-state index in [-0.39, 0.29) is 11.9 Å². The first-order chi connectivity index (χ1) is 16.6. The Hall–Kier alpha value is -4.18. The van der Waals surface area contributed by atoms with Gasteiger partial charge in [-0.1, -0.05) is 60.2 Å². The topological polar surface area (TPSA) is 41.9 Å². The number of hydrogen-bond acceptors (Lipinski definition) is 3. The second-order valence-electron chi connectivity index (χ2n) is 8.45. The molecule has 4 aromatic carbocycles. The zero-order valence-electron chi connectivity index (χ0n) is 19.3. The minimum atomic E-state index is -0.209. The summed E-state index contributed by atoms with van der Waals surface area (Å²) in [6.07, 6.45) is 0.586. The zero-order valence-corrected chi connectivity index (χ0v) is 19.3. The highest BCUT2D eigenvalue weighted by Gasteiger charge is 2.33. The number of aryl methyl sites for hydroxylation is 1. The molecule has 0 fully saturated rings. The van der Waals surface area contributed by atoms with Crippen molar-refractivity contribution in [2.75, 3.05) is 12.0 Å². The smallest absolute Gasteiger partial charge is 0.258 e. The third-order valence-electron chi connectivity index (χ3n) is 6.22. The van der Waals surface area contributed by atoms with Gasteiger partial charge in [0.2, 0.25) is 0 Å². The van der Waals surface area contributed by atoms with E-state index in [2.05, 4.69) is 12.1 Å². The number of carbonyl (C=O) groups excluding carboxylic acids is 1. The number of methoxy groups -OCH3 is 1. The lowest BCUT2D eigenvalue weighted by molar-refractivity contribution is 0.0977. The van der Waals surface area contributed by atoms with Gasteiger partial charge in [0.25, 0.3) is 5.91 Å². The lowest BCUT2D eigenvalue weighted by Gasteiger charge is -2.32. The summed E-state index contributed by atoms with van der Waals surface area (Å²) in [5.74, 6) is 0.765. The van der Waals surface area contributed by atoms with Crippen LogP contribution in [0.25, 0.3) is 0 Å². The molecular formula is C30H26N2O2. The Morgan fingerprint density at radius 1 is 0.853 bits per heavy atom. The van der Waals surface area contributed by atoms with Crippen LogP contribution in [0.15, 0.2) is 108 Å². The molecule has 0 spiro atoms. The molecule has 1 aliphatic rings. The van der Waals surface area contributed by atoms with Crippen LogP contribution in [0.1, 0.15) is 39.5 Å². The monoisotopic (exact) mass is 446 g/mol. The van der Waals surface area contributed by atoms with Gasteiger partial charge < -0.3 is 4.74 Å². The van der Waals surface area contributed by atoms with Crippen molar-refractivity contribution in [1.82, 2.24) is 0 Å². The summed E-state index contributed by atoms with van der Waals surface area (Å²) in [7, 11) is 1.66. The Balaban J connectivity index is 1.67. The molecule has 0 aromatic heterocycles. The van der Waals surface area contributed by atoms with Gasteiger partial charge in [-0.2, -0.15) is 0 Å². The average Bonchev–Trinajstić information content (AvgIpc) is 3.06. The van der Waals surface area contributed by atoms with Gasteiger partial charge >= 0.3 is 0 Å². The highest BCUT2D eigenvalue weighted by Crippen LogP contribution is 2.41. The fourth-order valence-electron chi connectivity index (χ4n) is 4.39. The number of carbonyl (C=O) groups is 1. The van der Waals surface area contributed by atoms with E-state index in [1.54, 1.807) is 7.11 Å².